The molecule has 0 heterocycles. The number of alkyl halides is 3. The average Bonchev–Trinajstić information content (AvgIpc) is 2.39. The lowest BCUT2D eigenvalue weighted by Crippen LogP contribution is -2.13. The van der Waals surface area contributed by atoms with E-state index in [1.54, 1.807) is 24.3 Å². The Bertz CT molecular complexity index is 688. The number of benzene rings is 2. The van der Waals surface area contributed by atoms with E-state index in [0.29, 0.717) is 5.56 Å². The van der Waals surface area contributed by atoms with Gasteiger partial charge in [0.15, 0.2) is 0 Å². The highest BCUT2D eigenvalue weighted by Gasteiger charge is 2.33. The molecule has 110 valence electrons. The Balaban J connectivity index is 2.26. The maximum atomic E-state index is 12.7. The first-order chi connectivity index (χ1) is 9.77. The third kappa shape index (κ3) is 4.10. The van der Waals surface area contributed by atoms with E-state index in [-0.39, 0.29) is 5.69 Å². The van der Waals surface area contributed by atoms with E-state index >= 15 is 0 Å². The fourth-order valence-electron chi connectivity index (χ4n) is 1.65. The summed E-state index contributed by atoms with van der Waals surface area (Å²) < 4.78 is 39.1. The Morgan fingerprint density at radius 1 is 1.14 bits per heavy atom. The topological polar surface area (TPSA) is 29.1 Å². The molecule has 1 amide bonds. The fourth-order valence-corrected chi connectivity index (χ4v) is 2.42. The van der Waals surface area contributed by atoms with Crippen LogP contribution in [0.25, 0.3) is 0 Å². The zero-order valence-electron chi connectivity index (χ0n) is 10.3. The van der Waals surface area contributed by atoms with Crippen molar-refractivity contribution >= 4 is 45.8 Å². The van der Waals surface area contributed by atoms with Gasteiger partial charge in [-0.3, -0.25) is 4.79 Å². The van der Waals surface area contributed by atoms with Crippen LogP contribution in [0.3, 0.4) is 0 Å². The molecular weight excluding hydrogens is 418 g/mol. The molecule has 2 rings (SSSR count). The minimum Gasteiger partial charge on any atom is -0.322 e. The second kappa shape index (κ2) is 6.23. The van der Waals surface area contributed by atoms with Crippen molar-refractivity contribution in [3.8, 4) is 0 Å². The Hall–Kier alpha value is -1.28. The standard InChI is InChI=1S/C14H8ClF3INO/c15-12-5-4-10(7-11(12)14(16,17)18)20-13(21)8-2-1-3-9(19)6-8/h1-7H,(H,20,21). The first kappa shape index (κ1) is 16.1. The van der Waals surface area contributed by atoms with Crippen molar-refractivity contribution in [3.63, 3.8) is 0 Å². The summed E-state index contributed by atoms with van der Waals surface area (Å²) in [5.41, 5.74) is -0.578. The second-order valence-electron chi connectivity index (χ2n) is 4.16. The molecule has 2 aromatic rings. The zero-order valence-corrected chi connectivity index (χ0v) is 13.3. The minimum absolute atomic E-state index is 0.0376. The van der Waals surface area contributed by atoms with Gasteiger partial charge < -0.3 is 5.32 Å². The number of hydrogen-bond donors (Lipinski definition) is 1. The molecule has 2 aromatic carbocycles. The van der Waals surface area contributed by atoms with E-state index < -0.39 is 22.7 Å². The fraction of sp³-hybridized carbons (Fsp3) is 0.0714. The van der Waals surface area contributed by atoms with Crippen LogP contribution in [-0.4, -0.2) is 5.91 Å². The van der Waals surface area contributed by atoms with Crippen molar-refractivity contribution in [3.05, 3.63) is 62.2 Å². The number of carbonyl (C=O) groups is 1. The molecule has 21 heavy (non-hydrogen) atoms. The first-order valence-electron chi connectivity index (χ1n) is 5.71. The number of carbonyl (C=O) groups excluding carboxylic acids is 1. The Morgan fingerprint density at radius 2 is 1.86 bits per heavy atom. The van der Waals surface area contributed by atoms with Crippen molar-refractivity contribution in [1.29, 1.82) is 0 Å². The van der Waals surface area contributed by atoms with Crippen molar-refractivity contribution in [2.45, 2.75) is 6.18 Å². The predicted molar refractivity (Wildman–Crippen MR) is 83.6 cm³/mol. The summed E-state index contributed by atoms with van der Waals surface area (Å²) in [7, 11) is 0. The van der Waals surface area contributed by atoms with Crippen molar-refractivity contribution in [2.24, 2.45) is 0 Å². The third-order valence-corrected chi connectivity index (χ3v) is 3.62. The summed E-state index contributed by atoms with van der Waals surface area (Å²) in [5.74, 6) is -0.482. The molecule has 0 radical (unpaired) electrons. The highest BCUT2D eigenvalue weighted by atomic mass is 127. The van der Waals surface area contributed by atoms with E-state index in [4.69, 9.17) is 11.6 Å². The summed E-state index contributed by atoms with van der Waals surface area (Å²) in [6.45, 7) is 0. The lowest BCUT2D eigenvalue weighted by atomic mass is 10.1. The van der Waals surface area contributed by atoms with Crippen LogP contribution in [-0.2, 0) is 6.18 Å². The smallest absolute Gasteiger partial charge is 0.322 e. The van der Waals surface area contributed by atoms with Gasteiger partial charge in [-0.25, -0.2) is 0 Å². The van der Waals surface area contributed by atoms with Gasteiger partial charge in [0, 0.05) is 14.8 Å². The minimum atomic E-state index is -4.57. The number of nitrogens with one attached hydrogen (secondary N) is 1. The maximum absolute atomic E-state index is 12.7. The van der Waals surface area contributed by atoms with Crippen LogP contribution < -0.4 is 5.32 Å². The number of hydrogen-bond acceptors (Lipinski definition) is 1. The van der Waals surface area contributed by atoms with E-state index in [1.807, 2.05) is 22.6 Å². The Labute approximate surface area is 137 Å². The number of amides is 1. The van der Waals surface area contributed by atoms with Crippen LogP contribution in [0, 0.1) is 3.57 Å². The van der Waals surface area contributed by atoms with E-state index in [1.165, 1.54) is 6.07 Å². The lowest BCUT2D eigenvalue weighted by Gasteiger charge is -2.12. The molecule has 0 saturated heterocycles. The van der Waals surface area contributed by atoms with E-state index in [2.05, 4.69) is 5.32 Å². The number of rotatable bonds is 2. The van der Waals surface area contributed by atoms with E-state index in [0.717, 1.165) is 15.7 Å². The predicted octanol–water partition coefficient (Wildman–Crippen LogP) is 5.22. The molecule has 0 aliphatic heterocycles. The molecule has 7 heteroatoms. The van der Waals surface area contributed by atoms with Gasteiger partial charge in [-0.05, 0) is 59.0 Å². The van der Waals surface area contributed by atoms with Gasteiger partial charge in [-0.15, -0.1) is 0 Å². The van der Waals surface area contributed by atoms with Crippen LogP contribution >= 0.6 is 34.2 Å². The molecule has 0 saturated carbocycles. The van der Waals surface area contributed by atoms with Crippen molar-refractivity contribution < 1.29 is 18.0 Å². The molecule has 0 aromatic heterocycles. The third-order valence-electron chi connectivity index (χ3n) is 2.62. The summed E-state index contributed by atoms with van der Waals surface area (Å²) in [6, 6.07) is 9.96. The maximum Gasteiger partial charge on any atom is 0.417 e. The molecule has 0 unspecified atom stereocenters. The Kier molecular flexibility index (Phi) is 4.77. The molecule has 0 fully saturated rings. The highest BCUT2D eigenvalue weighted by Crippen LogP contribution is 2.36. The largest absolute Gasteiger partial charge is 0.417 e. The lowest BCUT2D eigenvalue weighted by molar-refractivity contribution is -0.137. The van der Waals surface area contributed by atoms with Crippen LogP contribution in [0.5, 0.6) is 0 Å². The van der Waals surface area contributed by atoms with Gasteiger partial charge in [-0.2, -0.15) is 13.2 Å². The summed E-state index contributed by atoms with van der Waals surface area (Å²) >= 11 is 7.57. The van der Waals surface area contributed by atoms with Gasteiger partial charge in [0.25, 0.3) is 5.91 Å². The van der Waals surface area contributed by atoms with Gasteiger partial charge in [0.1, 0.15) is 0 Å². The summed E-state index contributed by atoms with van der Waals surface area (Å²) in [5, 5.41) is 2.02. The molecular formula is C14H8ClF3INO. The van der Waals surface area contributed by atoms with Gasteiger partial charge in [0.05, 0.1) is 10.6 Å². The molecule has 0 aliphatic carbocycles. The Morgan fingerprint density at radius 3 is 2.48 bits per heavy atom. The molecule has 0 spiro atoms. The quantitative estimate of drug-likeness (QED) is 0.657. The van der Waals surface area contributed by atoms with Crippen LogP contribution in [0.4, 0.5) is 18.9 Å². The van der Waals surface area contributed by atoms with Crippen LogP contribution in [0.15, 0.2) is 42.5 Å². The molecule has 1 N–H and O–H groups in total. The summed E-state index contributed by atoms with van der Waals surface area (Å²) in [6.07, 6.45) is -4.57. The van der Waals surface area contributed by atoms with Crippen molar-refractivity contribution in [2.75, 3.05) is 5.32 Å². The SMILES string of the molecule is O=C(Nc1ccc(Cl)c(C(F)(F)F)c1)c1cccc(I)c1. The van der Waals surface area contributed by atoms with Gasteiger partial charge >= 0.3 is 6.18 Å². The van der Waals surface area contributed by atoms with Gasteiger partial charge in [0.2, 0.25) is 0 Å². The second-order valence-corrected chi connectivity index (χ2v) is 5.81. The van der Waals surface area contributed by atoms with Crippen LogP contribution in [0.1, 0.15) is 15.9 Å². The number of halogens is 5. The monoisotopic (exact) mass is 425 g/mol. The molecule has 0 aliphatic rings. The first-order valence-corrected chi connectivity index (χ1v) is 7.17. The van der Waals surface area contributed by atoms with Crippen LogP contribution in [0.2, 0.25) is 5.02 Å². The molecule has 0 bridgehead atoms. The van der Waals surface area contributed by atoms with Crippen molar-refractivity contribution in [1.82, 2.24) is 0 Å². The zero-order chi connectivity index (χ0) is 15.6. The van der Waals surface area contributed by atoms with E-state index in [9.17, 15) is 18.0 Å². The average molecular weight is 426 g/mol. The van der Waals surface area contributed by atoms with Gasteiger partial charge in [-0.1, -0.05) is 17.7 Å². The normalized spacial score (nSPS) is 11.3. The highest BCUT2D eigenvalue weighted by molar-refractivity contribution is 14.1. The molecule has 2 nitrogen and oxygen atoms in total. The summed E-state index contributed by atoms with van der Waals surface area (Å²) in [4.78, 5) is 12.0. The molecule has 0 atom stereocenters. The number of anilines is 1.